The van der Waals surface area contributed by atoms with E-state index < -0.39 is 0 Å². The molecule has 26 heavy (non-hydrogen) atoms. The highest BCUT2D eigenvalue weighted by Crippen LogP contribution is 2.19. The Morgan fingerprint density at radius 1 is 1.27 bits per heavy atom. The van der Waals surface area contributed by atoms with Crippen molar-refractivity contribution in [2.75, 3.05) is 33.2 Å². The van der Waals surface area contributed by atoms with Gasteiger partial charge in [0.15, 0.2) is 0 Å². The van der Waals surface area contributed by atoms with Gasteiger partial charge in [-0.25, -0.2) is 4.98 Å². The van der Waals surface area contributed by atoms with Gasteiger partial charge in [-0.1, -0.05) is 6.07 Å². The van der Waals surface area contributed by atoms with Crippen molar-refractivity contribution in [1.29, 1.82) is 0 Å². The van der Waals surface area contributed by atoms with Gasteiger partial charge in [-0.3, -0.25) is 9.69 Å². The van der Waals surface area contributed by atoms with Gasteiger partial charge in [0.2, 0.25) is 5.91 Å². The molecule has 1 aliphatic heterocycles. The maximum atomic E-state index is 12.2. The zero-order valence-corrected chi connectivity index (χ0v) is 16.4. The number of likely N-dealkylation sites (N-methyl/N-ethyl adjacent to an activating group) is 1. The summed E-state index contributed by atoms with van der Waals surface area (Å²) in [5.74, 6) is 0.911. The molecule has 6 heteroatoms. The second kappa shape index (κ2) is 8.18. The molecule has 142 valence electrons. The SMILES string of the molecule is Cc1ccc2[nH]c(CNC(=O)CC[C@H](C)N3CCN(C)CC3)nc2c1C. The molecule has 1 aromatic heterocycles. The lowest BCUT2D eigenvalue weighted by molar-refractivity contribution is -0.121. The molecule has 1 atom stereocenters. The van der Waals surface area contributed by atoms with Gasteiger partial charge in [0.1, 0.15) is 5.82 Å². The van der Waals surface area contributed by atoms with Crippen LogP contribution in [0.3, 0.4) is 0 Å². The van der Waals surface area contributed by atoms with Crippen LogP contribution in [-0.4, -0.2) is 64.9 Å². The topological polar surface area (TPSA) is 64.3 Å². The second-order valence-electron chi connectivity index (χ2n) is 7.59. The first-order chi connectivity index (χ1) is 12.4. The van der Waals surface area contributed by atoms with Crippen LogP contribution in [0.25, 0.3) is 11.0 Å². The molecule has 0 radical (unpaired) electrons. The van der Waals surface area contributed by atoms with E-state index in [0.29, 0.717) is 19.0 Å². The van der Waals surface area contributed by atoms with Gasteiger partial charge < -0.3 is 15.2 Å². The Kier molecular flexibility index (Phi) is 5.94. The largest absolute Gasteiger partial charge is 0.349 e. The van der Waals surface area contributed by atoms with Crippen LogP contribution in [0.2, 0.25) is 0 Å². The van der Waals surface area contributed by atoms with Gasteiger partial charge in [-0.2, -0.15) is 0 Å². The van der Waals surface area contributed by atoms with E-state index in [4.69, 9.17) is 0 Å². The van der Waals surface area contributed by atoms with Crippen molar-refractivity contribution < 1.29 is 4.79 Å². The van der Waals surface area contributed by atoms with Crippen molar-refractivity contribution in [2.24, 2.45) is 0 Å². The Labute approximate surface area is 156 Å². The minimum absolute atomic E-state index is 0.0966. The lowest BCUT2D eigenvalue weighted by Gasteiger charge is -2.36. The first kappa shape index (κ1) is 18.9. The van der Waals surface area contributed by atoms with E-state index in [2.05, 4.69) is 59.0 Å². The Hall–Kier alpha value is -1.92. The number of aromatic amines is 1. The average Bonchev–Trinajstić information content (AvgIpc) is 3.05. The molecule has 6 nitrogen and oxygen atoms in total. The van der Waals surface area contributed by atoms with Crippen LogP contribution < -0.4 is 5.32 Å². The van der Waals surface area contributed by atoms with Gasteiger partial charge in [0, 0.05) is 38.6 Å². The van der Waals surface area contributed by atoms with Crippen LogP contribution in [0, 0.1) is 13.8 Å². The lowest BCUT2D eigenvalue weighted by atomic mass is 10.1. The number of nitrogens with zero attached hydrogens (tertiary/aromatic N) is 3. The maximum Gasteiger partial charge on any atom is 0.220 e. The van der Waals surface area contributed by atoms with Gasteiger partial charge in [-0.15, -0.1) is 0 Å². The number of nitrogens with one attached hydrogen (secondary N) is 2. The minimum atomic E-state index is 0.0966. The predicted octanol–water partition coefficient (Wildman–Crippen LogP) is 2.21. The summed E-state index contributed by atoms with van der Waals surface area (Å²) in [7, 11) is 2.16. The molecule has 1 amide bonds. The number of aryl methyl sites for hydroxylation is 2. The quantitative estimate of drug-likeness (QED) is 0.832. The van der Waals surface area contributed by atoms with Crippen molar-refractivity contribution in [2.45, 2.75) is 46.2 Å². The number of carbonyl (C=O) groups excluding carboxylic acids is 1. The molecule has 0 aliphatic carbocycles. The number of hydrogen-bond donors (Lipinski definition) is 2. The third kappa shape index (κ3) is 4.43. The van der Waals surface area contributed by atoms with E-state index in [9.17, 15) is 4.79 Å². The number of aromatic nitrogens is 2. The van der Waals surface area contributed by atoms with E-state index in [-0.39, 0.29) is 5.91 Å². The molecule has 0 saturated carbocycles. The Bertz CT molecular complexity index is 761. The number of amides is 1. The number of fused-ring (bicyclic) bond motifs is 1. The van der Waals surface area contributed by atoms with Gasteiger partial charge >= 0.3 is 0 Å². The monoisotopic (exact) mass is 357 g/mol. The van der Waals surface area contributed by atoms with Gasteiger partial charge in [0.25, 0.3) is 0 Å². The average molecular weight is 358 g/mol. The summed E-state index contributed by atoms with van der Waals surface area (Å²) in [5.41, 5.74) is 4.45. The van der Waals surface area contributed by atoms with Crippen molar-refractivity contribution in [3.63, 3.8) is 0 Å². The zero-order chi connectivity index (χ0) is 18.7. The van der Waals surface area contributed by atoms with Crippen LogP contribution in [-0.2, 0) is 11.3 Å². The standard InChI is InChI=1S/C20H31N5O/c1-14-5-7-17-20(16(14)3)23-18(22-17)13-21-19(26)8-6-15(2)25-11-9-24(4)10-12-25/h5,7,15H,6,8-13H2,1-4H3,(H,21,26)(H,22,23)/t15-/m0/s1. The van der Waals surface area contributed by atoms with Crippen LogP contribution in [0.1, 0.15) is 36.7 Å². The summed E-state index contributed by atoms with van der Waals surface area (Å²) in [6.45, 7) is 11.3. The molecular weight excluding hydrogens is 326 g/mol. The van der Waals surface area contributed by atoms with E-state index in [1.807, 2.05) is 6.07 Å². The van der Waals surface area contributed by atoms with E-state index in [1.165, 1.54) is 11.1 Å². The van der Waals surface area contributed by atoms with Crippen LogP contribution >= 0.6 is 0 Å². The normalized spacial score (nSPS) is 17.5. The number of hydrogen-bond acceptors (Lipinski definition) is 4. The summed E-state index contributed by atoms with van der Waals surface area (Å²) in [5, 5.41) is 3.00. The van der Waals surface area contributed by atoms with Crippen LogP contribution in [0.4, 0.5) is 0 Å². The van der Waals surface area contributed by atoms with Gasteiger partial charge in [-0.05, 0) is 51.4 Å². The molecule has 3 rings (SSSR count). The fourth-order valence-corrected chi connectivity index (χ4v) is 3.50. The minimum Gasteiger partial charge on any atom is -0.349 e. The summed E-state index contributed by atoms with van der Waals surface area (Å²) in [6.07, 6.45) is 1.46. The van der Waals surface area contributed by atoms with Crippen molar-refractivity contribution >= 4 is 16.9 Å². The molecule has 1 aliphatic rings. The fourth-order valence-electron chi connectivity index (χ4n) is 3.50. The van der Waals surface area contributed by atoms with Crippen molar-refractivity contribution in [1.82, 2.24) is 25.1 Å². The number of rotatable bonds is 6. The molecule has 2 aromatic rings. The van der Waals surface area contributed by atoms with Crippen LogP contribution in [0.5, 0.6) is 0 Å². The molecule has 2 N–H and O–H groups in total. The van der Waals surface area contributed by atoms with E-state index in [0.717, 1.165) is 49.5 Å². The predicted molar refractivity (Wildman–Crippen MR) is 105 cm³/mol. The highest BCUT2D eigenvalue weighted by molar-refractivity contribution is 5.80. The first-order valence-electron chi connectivity index (χ1n) is 9.58. The Balaban J connectivity index is 1.46. The number of benzene rings is 1. The smallest absolute Gasteiger partial charge is 0.220 e. The Morgan fingerprint density at radius 3 is 2.73 bits per heavy atom. The highest BCUT2D eigenvalue weighted by atomic mass is 16.1. The molecule has 1 fully saturated rings. The number of H-pyrrole nitrogens is 1. The molecule has 2 heterocycles. The molecular formula is C20H31N5O. The summed E-state index contributed by atoms with van der Waals surface area (Å²) >= 11 is 0. The molecule has 0 spiro atoms. The molecule has 1 saturated heterocycles. The van der Waals surface area contributed by atoms with Gasteiger partial charge in [0.05, 0.1) is 17.6 Å². The summed E-state index contributed by atoms with van der Waals surface area (Å²) in [6, 6.07) is 4.59. The highest BCUT2D eigenvalue weighted by Gasteiger charge is 2.19. The summed E-state index contributed by atoms with van der Waals surface area (Å²) < 4.78 is 0. The molecule has 0 unspecified atom stereocenters. The number of piperazine rings is 1. The first-order valence-corrected chi connectivity index (χ1v) is 9.58. The third-order valence-corrected chi connectivity index (χ3v) is 5.63. The lowest BCUT2D eigenvalue weighted by Crippen LogP contribution is -2.48. The maximum absolute atomic E-state index is 12.2. The zero-order valence-electron chi connectivity index (χ0n) is 16.4. The second-order valence-corrected chi connectivity index (χ2v) is 7.59. The van der Waals surface area contributed by atoms with Crippen molar-refractivity contribution in [3.8, 4) is 0 Å². The van der Waals surface area contributed by atoms with Crippen LogP contribution in [0.15, 0.2) is 12.1 Å². The van der Waals surface area contributed by atoms with E-state index in [1.54, 1.807) is 0 Å². The van der Waals surface area contributed by atoms with E-state index >= 15 is 0 Å². The fraction of sp³-hybridized carbons (Fsp3) is 0.600. The molecule has 0 bridgehead atoms. The number of carbonyl (C=O) groups is 1. The number of imidazole rings is 1. The molecule has 1 aromatic carbocycles. The van der Waals surface area contributed by atoms with Crippen molar-refractivity contribution in [3.05, 3.63) is 29.1 Å². The summed E-state index contributed by atoms with van der Waals surface area (Å²) in [4.78, 5) is 25.0. The third-order valence-electron chi connectivity index (χ3n) is 5.63. The Morgan fingerprint density at radius 2 is 2.00 bits per heavy atom.